The van der Waals surface area contributed by atoms with Crippen molar-refractivity contribution in [3.8, 4) is 11.1 Å². The van der Waals surface area contributed by atoms with Crippen LogP contribution < -0.4 is 0 Å². The molecule has 3 aromatic rings. The van der Waals surface area contributed by atoms with Crippen molar-refractivity contribution in [1.29, 1.82) is 0 Å². The molecule has 1 aliphatic heterocycles. The zero-order valence-corrected chi connectivity index (χ0v) is 23.9. The molecule has 1 aromatic heterocycles. The van der Waals surface area contributed by atoms with Crippen LogP contribution in [-0.2, 0) is 33.0 Å². The van der Waals surface area contributed by atoms with E-state index in [-0.39, 0.29) is 12.6 Å². The molecule has 0 amide bonds. The molecule has 0 radical (unpaired) electrons. The average molecular weight is 626 g/mol. The van der Waals surface area contributed by atoms with Crippen molar-refractivity contribution in [2.75, 3.05) is 39.5 Å². The molecule has 44 heavy (non-hydrogen) atoms. The highest BCUT2D eigenvalue weighted by atomic mass is 19.4. The number of benzene rings is 2. The van der Waals surface area contributed by atoms with E-state index < -0.39 is 29.6 Å². The summed E-state index contributed by atoms with van der Waals surface area (Å²) in [4.78, 5) is 21.3. The number of rotatable bonds is 11. The molecule has 0 spiro atoms. The summed E-state index contributed by atoms with van der Waals surface area (Å²) >= 11 is 0. The molecule has 4 rings (SSSR count). The fourth-order valence-corrected chi connectivity index (χ4v) is 5.05. The van der Waals surface area contributed by atoms with Crippen LogP contribution in [-0.4, -0.2) is 83.7 Å². The molecule has 2 heterocycles. The number of alkyl halides is 6. The number of ether oxygens (including phenoxy) is 2. The zero-order chi connectivity index (χ0) is 32.0. The summed E-state index contributed by atoms with van der Waals surface area (Å²) in [7, 11) is 0. The van der Waals surface area contributed by atoms with Crippen LogP contribution in [0, 0.1) is 0 Å². The predicted molar refractivity (Wildman–Crippen MR) is 149 cm³/mol. The van der Waals surface area contributed by atoms with Gasteiger partial charge in [-0.3, -0.25) is 19.6 Å². The lowest BCUT2D eigenvalue weighted by atomic mass is 9.90. The van der Waals surface area contributed by atoms with E-state index >= 15 is 0 Å². The minimum atomic E-state index is -5.95. The number of aromatic nitrogens is 1. The largest absolute Gasteiger partial charge is 0.462 e. The van der Waals surface area contributed by atoms with Gasteiger partial charge in [0.25, 0.3) is 5.60 Å². The van der Waals surface area contributed by atoms with Crippen molar-refractivity contribution in [3.05, 3.63) is 89.7 Å². The molecule has 1 saturated heterocycles. The van der Waals surface area contributed by atoms with Gasteiger partial charge in [0.15, 0.2) is 0 Å². The molecule has 1 fully saturated rings. The maximum atomic E-state index is 13.2. The Morgan fingerprint density at radius 1 is 0.841 bits per heavy atom. The van der Waals surface area contributed by atoms with E-state index in [4.69, 9.17) is 9.47 Å². The maximum Gasteiger partial charge on any atom is 0.430 e. The zero-order valence-electron chi connectivity index (χ0n) is 23.9. The lowest BCUT2D eigenvalue weighted by Crippen LogP contribution is -2.56. The second-order valence-electron chi connectivity index (χ2n) is 10.4. The predicted octanol–water partition coefficient (Wildman–Crippen LogP) is 5.33. The first-order chi connectivity index (χ1) is 20.8. The van der Waals surface area contributed by atoms with Crippen LogP contribution in [0.1, 0.15) is 23.6 Å². The minimum absolute atomic E-state index is 0.137. The third-order valence-electron chi connectivity index (χ3n) is 7.48. The van der Waals surface area contributed by atoms with Gasteiger partial charge in [-0.15, -0.1) is 0 Å². The van der Waals surface area contributed by atoms with Crippen molar-refractivity contribution in [1.82, 2.24) is 14.8 Å². The van der Waals surface area contributed by atoms with Gasteiger partial charge in [0.2, 0.25) is 0 Å². The molecule has 0 bridgehead atoms. The minimum Gasteiger partial charge on any atom is -0.462 e. The number of esters is 1. The Bertz CT molecular complexity index is 1340. The summed E-state index contributed by atoms with van der Waals surface area (Å²) in [5, 5.41) is 9.63. The number of piperazine rings is 1. The van der Waals surface area contributed by atoms with Crippen molar-refractivity contribution in [3.63, 3.8) is 0 Å². The van der Waals surface area contributed by atoms with Crippen molar-refractivity contribution in [2.24, 2.45) is 0 Å². The molecule has 1 unspecified atom stereocenters. The fraction of sp³-hybridized carbons (Fsp3) is 0.419. The summed E-state index contributed by atoms with van der Waals surface area (Å²) in [6.45, 7) is 5.59. The van der Waals surface area contributed by atoms with Crippen LogP contribution in [0.5, 0.6) is 0 Å². The Balaban J connectivity index is 1.46. The molecule has 2 aromatic carbocycles. The highest BCUT2D eigenvalue weighted by molar-refractivity contribution is 5.76. The fourth-order valence-electron chi connectivity index (χ4n) is 5.05. The lowest BCUT2D eigenvalue weighted by Gasteiger charge is -2.40. The molecule has 238 valence electrons. The Morgan fingerprint density at radius 3 is 1.98 bits per heavy atom. The number of hydrogen-bond acceptors (Lipinski definition) is 7. The van der Waals surface area contributed by atoms with Gasteiger partial charge in [0.05, 0.1) is 6.61 Å². The third kappa shape index (κ3) is 7.76. The molecular formula is C31H33F6N3O4. The molecule has 0 saturated carbocycles. The molecule has 1 atom stereocenters. The number of hydrogen-bond donors (Lipinski definition) is 1. The lowest BCUT2D eigenvalue weighted by molar-refractivity contribution is -0.376. The smallest absolute Gasteiger partial charge is 0.430 e. The molecule has 7 nitrogen and oxygen atoms in total. The summed E-state index contributed by atoms with van der Waals surface area (Å²) < 4.78 is 90.1. The van der Waals surface area contributed by atoms with Gasteiger partial charge in [0.1, 0.15) is 12.6 Å². The maximum absolute atomic E-state index is 13.2. The normalized spacial score (nSPS) is 17.0. The first-order valence-electron chi connectivity index (χ1n) is 14.0. The number of aliphatic hydroxyl groups is 1. The van der Waals surface area contributed by atoms with Crippen molar-refractivity contribution >= 4 is 5.97 Å². The van der Waals surface area contributed by atoms with Crippen LogP contribution in [0.25, 0.3) is 11.1 Å². The van der Waals surface area contributed by atoms with E-state index in [1.807, 2.05) is 24.0 Å². The van der Waals surface area contributed by atoms with E-state index in [9.17, 15) is 36.2 Å². The average Bonchev–Trinajstić information content (AvgIpc) is 2.99. The standard InChI is InChI=1S/C31H33F6N3O4/c1-2-43-17-18-44-28(41)27-21-39(19-23-11-13-38-14-12-23)15-16-40(27)20-22-3-5-24(6-4-22)25-7-9-26(10-8-25)29(42,30(32,33)34)31(35,36)37/h3-14,27,42H,2,15-21H2,1H3. The monoisotopic (exact) mass is 625 g/mol. The van der Waals surface area contributed by atoms with Crippen LogP contribution >= 0.6 is 0 Å². The van der Waals surface area contributed by atoms with E-state index in [0.717, 1.165) is 23.3 Å². The summed E-state index contributed by atoms with van der Waals surface area (Å²) in [6, 6.07) is 13.7. The number of halogens is 6. The second kappa shape index (κ2) is 14.1. The molecular weight excluding hydrogens is 592 g/mol. The van der Waals surface area contributed by atoms with Gasteiger partial charge in [-0.2, -0.15) is 26.3 Å². The number of carbonyl (C=O) groups excluding carboxylic acids is 1. The molecule has 1 aliphatic rings. The van der Waals surface area contributed by atoms with Crippen LogP contribution in [0.3, 0.4) is 0 Å². The van der Waals surface area contributed by atoms with Crippen LogP contribution in [0.15, 0.2) is 73.1 Å². The highest BCUT2D eigenvalue weighted by Crippen LogP contribution is 2.50. The van der Waals surface area contributed by atoms with Crippen LogP contribution in [0.2, 0.25) is 0 Å². The van der Waals surface area contributed by atoms with E-state index in [1.54, 1.807) is 36.7 Å². The first-order valence-corrected chi connectivity index (χ1v) is 14.0. The highest BCUT2D eigenvalue weighted by Gasteiger charge is 2.71. The van der Waals surface area contributed by atoms with Gasteiger partial charge in [-0.25, -0.2) is 0 Å². The first kappa shape index (κ1) is 33.4. The molecule has 0 aliphatic carbocycles. The van der Waals surface area contributed by atoms with E-state index in [1.165, 1.54) is 0 Å². The number of pyridine rings is 1. The Kier molecular flexibility index (Phi) is 10.7. The van der Waals surface area contributed by atoms with Crippen molar-refractivity contribution < 1.29 is 45.7 Å². The summed E-state index contributed by atoms with van der Waals surface area (Å²) in [5.74, 6) is -0.362. The van der Waals surface area contributed by atoms with Gasteiger partial charge < -0.3 is 14.6 Å². The van der Waals surface area contributed by atoms with E-state index in [2.05, 4.69) is 9.88 Å². The van der Waals surface area contributed by atoms with Gasteiger partial charge >= 0.3 is 18.3 Å². The molecule has 1 N–H and O–H groups in total. The quantitative estimate of drug-likeness (QED) is 0.176. The van der Waals surface area contributed by atoms with Crippen molar-refractivity contribution in [2.45, 2.75) is 44.0 Å². The van der Waals surface area contributed by atoms with Gasteiger partial charge in [-0.05, 0) is 41.3 Å². The molecule has 13 heteroatoms. The SMILES string of the molecule is CCOCCOC(=O)C1CN(Cc2ccncc2)CCN1Cc1ccc(-c2ccc(C(O)(C(F)(F)F)C(F)(F)F)cc2)cc1. The Morgan fingerprint density at radius 2 is 1.41 bits per heavy atom. The summed E-state index contributed by atoms with van der Waals surface area (Å²) in [5.41, 5.74) is -3.46. The summed E-state index contributed by atoms with van der Waals surface area (Å²) in [6.07, 6.45) is -8.47. The Hall–Kier alpha value is -3.52. The third-order valence-corrected chi connectivity index (χ3v) is 7.48. The Labute approximate surface area is 251 Å². The van der Waals surface area contributed by atoms with Gasteiger partial charge in [0, 0.05) is 57.3 Å². The number of carbonyl (C=O) groups is 1. The van der Waals surface area contributed by atoms with E-state index in [0.29, 0.717) is 69.2 Å². The van der Waals surface area contributed by atoms with Crippen LogP contribution in [0.4, 0.5) is 26.3 Å². The second-order valence-corrected chi connectivity index (χ2v) is 10.4. The topological polar surface area (TPSA) is 75.1 Å². The number of nitrogens with zero attached hydrogens (tertiary/aromatic N) is 3. The van der Waals surface area contributed by atoms with Gasteiger partial charge in [-0.1, -0.05) is 48.5 Å².